The summed E-state index contributed by atoms with van der Waals surface area (Å²) in [5, 5.41) is 8.57. The molecular formula is C19H25N3. The van der Waals surface area contributed by atoms with Crippen molar-refractivity contribution < 1.29 is 0 Å². The van der Waals surface area contributed by atoms with Crippen LogP contribution in [0.3, 0.4) is 0 Å². The van der Waals surface area contributed by atoms with Crippen LogP contribution in [0.1, 0.15) is 68.7 Å². The number of unbranched alkanes of at least 4 members (excludes halogenated alkanes) is 2. The zero-order valence-corrected chi connectivity index (χ0v) is 13.4. The maximum Gasteiger partial charge on any atom is 0.140 e. The van der Waals surface area contributed by atoms with Crippen LogP contribution in [-0.2, 0) is 0 Å². The van der Waals surface area contributed by atoms with Crippen LogP contribution >= 0.6 is 0 Å². The second kappa shape index (κ2) is 6.91. The van der Waals surface area contributed by atoms with Crippen LogP contribution in [0.4, 0.5) is 0 Å². The van der Waals surface area contributed by atoms with Gasteiger partial charge in [-0.1, -0.05) is 50.5 Å². The van der Waals surface area contributed by atoms with Crippen molar-refractivity contribution >= 4 is 0 Å². The highest BCUT2D eigenvalue weighted by Crippen LogP contribution is 2.41. The molecule has 1 aromatic heterocycles. The van der Waals surface area contributed by atoms with Gasteiger partial charge in [0.25, 0.3) is 0 Å². The van der Waals surface area contributed by atoms with E-state index in [4.69, 9.17) is 0 Å². The topological polar surface area (TPSA) is 30.7 Å². The Hall–Kier alpha value is -1.90. The smallest absolute Gasteiger partial charge is 0.140 e. The molecule has 3 nitrogen and oxygen atoms in total. The van der Waals surface area contributed by atoms with Crippen molar-refractivity contribution in [3.05, 3.63) is 54.6 Å². The number of fused-ring (bicyclic) bond motifs is 3. The Morgan fingerprint density at radius 2 is 2.14 bits per heavy atom. The number of nitrogens with zero attached hydrogens (tertiary/aromatic N) is 3. The van der Waals surface area contributed by atoms with Crippen molar-refractivity contribution in [2.45, 2.75) is 57.3 Å². The van der Waals surface area contributed by atoms with Gasteiger partial charge in [-0.25, -0.2) is 0 Å². The molecule has 0 amide bonds. The van der Waals surface area contributed by atoms with Crippen LogP contribution < -0.4 is 0 Å². The van der Waals surface area contributed by atoms with Gasteiger partial charge in [-0.3, -0.25) is 4.57 Å². The van der Waals surface area contributed by atoms with Crippen LogP contribution in [0, 0.1) is 0 Å². The Labute approximate surface area is 133 Å². The van der Waals surface area contributed by atoms with Crippen molar-refractivity contribution in [3.63, 3.8) is 0 Å². The molecule has 2 unspecified atom stereocenters. The summed E-state index contributed by atoms with van der Waals surface area (Å²) in [6.45, 7) is 6.20. The molecule has 0 N–H and O–H groups in total. The molecule has 3 rings (SSSR count). The lowest BCUT2D eigenvalue weighted by atomic mass is 9.84. The minimum atomic E-state index is 0.416. The van der Waals surface area contributed by atoms with E-state index in [2.05, 4.69) is 52.5 Å². The third kappa shape index (κ3) is 2.85. The number of hydrogen-bond donors (Lipinski definition) is 0. The first kappa shape index (κ1) is 15.0. The molecule has 3 heteroatoms. The van der Waals surface area contributed by atoms with Crippen molar-refractivity contribution in [3.8, 4) is 5.69 Å². The molecule has 1 aliphatic rings. The lowest BCUT2D eigenvalue weighted by molar-refractivity contribution is 0.480. The van der Waals surface area contributed by atoms with Crippen molar-refractivity contribution in [1.29, 1.82) is 0 Å². The molecule has 0 radical (unpaired) electrons. The van der Waals surface area contributed by atoms with Gasteiger partial charge in [0.15, 0.2) is 0 Å². The number of para-hydroxylation sites is 1. The fourth-order valence-corrected chi connectivity index (χ4v) is 3.65. The van der Waals surface area contributed by atoms with Gasteiger partial charge in [0.1, 0.15) is 12.2 Å². The molecule has 116 valence electrons. The Balaban J connectivity index is 1.99. The first-order chi connectivity index (χ1) is 10.8. The molecule has 0 spiro atoms. The molecule has 0 saturated carbocycles. The van der Waals surface area contributed by atoms with Gasteiger partial charge in [-0.15, -0.1) is 16.8 Å². The van der Waals surface area contributed by atoms with E-state index >= 15 is 0 Å². The average molecular weight is 295 g/mol. The molecule has 22 heavy (non-hydrogen) atoms. The fourth-order valence-electron chi connectivity index (χ4n) is 3.65. The third-order valence-corrected chi connectivity index (χ3v) is 4.75. The van der Waals surface area contributed by atoms with Crippen LogP contribution in [-0.4, -0.2) is 14.8 Å². The van der Waals surface area contributed by atoms with E-state index < -0.39 is 0 Å². The Morgan fingerprint density at radius 1 is 1.27 bits per heavy atom. The molecule has 2 aromatic rings. The zero-order chi connectivity index (χ0) is 15.4. The molecule has 0 aliphatic carbocycles. The Bertz CT molecular complexity index is 629. The minimum Gasteiger partial charge on any atom is -0.285 e. The average Bonchev–Trinajstić information content (AvgIpc) is 2.98. The van der Waals surface area contributed by atoms with Gasteiger partial charge in [0.05, 0.1) is 5.69 Å². The van der Waals surface area contributed by atoms with Gasteiger partial charge in [-0.05, 0) is 36.8 Å². The summed E-state index contributed by atoms with van der Waals surface area (Å²) in [6.07, 6.45) is 11.1. The number of allylic oxidation sites excluding steroid dienone is 1. The third-order valence-electron chi connectivity index (χ3n) is 4.75. The normalized spacial score (nSPS) is 20.0. The number of benzene rings is 1. The maximum atomic E-state index is 4.41. The number of aromatic nitrogens is 3. The number of rotatable bonds is 6. The molecular weight excluding hydrogens is 270 g/mol. The lowest BCUT2D eigenvalue weighted by Crippen LogP contribution is -2.06. The second-order valence-corrected chi connectivity index (χ2v) is 6.27. The Kier molecular flexibility index (Phi) is 4.71. The first-order valence-corrected chi connectivity index (χ1v) is 8.45. The summed E-state index contributed by atoms with van der Waals surface area (Å²) >= 11 is 0. The summed E-state index contributed by atoms with van der Waals surface area (Å²) in [5.41, 5.74) is 2.71. The molecule has 0 fully saturated rings. The van der Waals surface area contributed by atoms with Gasteiger partial charge in [0.2, 0.25) is 0 Å². The summed E-state index contributed by atoms with van der Waals surface area (Å²) in [6, 6.07) is 8.75. The predicted molar refractivity (Wildman–Crippen MR) is 90.4 cm³/mol. The molecule has 1 aromatic carbocycles. The standard InChI is InChI=1S/C19H25N3/c1-3-5-6-10-15-13-16(9-4-2)19-21-20-14-22(19)18-12-8-7-11-17(15)18/h4,7-8,11-12,14-16H,2-3,5-6,9-10,13H2,1H3. The van der Waals surface area contributed by atoms with E-state index in [1.165, 1.54) is 36.9 Å². The Morgan fingerprint density at radius 3 is 2.95 bits per heavy atom. The SMILES string of the molecule is C=CCC1CC(CCCCC)c2ccccc2-n2cnnc21. The largest absolute Gasteiger partial charge is 0.285 e. The lowest BCUT2D eigenvalue weighted by Gasteiger charge is -2.20. The summed E-state index contributed by atoms with van der Waals surface area (Å²) in [4.78, 5) is 0. The van der Waals surface area contributed by atoms with E-state index in [0.717, 1.165) is 18.7 Å². The highest BCUT2D eigenvalue weighted by Gasteiger charge is 2.28. The molecule has 1 aliphatic heterocycles. The minimum absolute atomic E-state index is 0.416. The van der Waals surface area contributed by atoms with Gasteiger partial charge >= 0.3 is 0 Å². The highest BCUT2D eigenvalue weighted by atomic mass is 15.3. The highest BCUT2D eigenvalue weighted by molar-refractivity contribution is 5.45. The van der Waals surface area contributed by atoms with E-state index in [0.29, 0.717) is 11.8 Å². The van der Waals surface area contributed by atoms with E-state index in [1.807, 2.05) is 12.4 Å². The fraction of sp³-hybridized carbons (Fsp3) is 0.474. The molecule has 2 heterocycles. The van der Waals surface area contributed by atoms with E-state index in [1.54, 1.807) is 0 Å². The second-order valence-electron chi connectivity index (χ2n) is 6.27. The molecule has 2 atom stereocenters. The van der Waals surface area contributed by atoms with Crippen molar-refractivity contribution in [2.24, 2.45) is 0 Å². The van der Waals surface area contributed by atoms with E-state index in [9.17, 15) is 0 Å². The summed E-state index contributed by atoms with van der Waals surface area (Å²) in [5.74, 6) is 2.11. The quantitative estimate of drug-likeness (QED) is 0.555. The van der Waals surface area contributed by atoms with Gasteiger partial charge in [-0.2, -0.15) is 0 Å². The predicted octanol–water partition coefficient (Wildman–Crippen LogP) is 4.99. The van der Waals surface area contributed by atoms with Crippen LogP contribution in [0.2, 0.25) is 0 Å². The van der Waals surface area contributed by atoms with E-state index in [-0.39, 0.29) is 0 Å². The monoisotopic (exact) mass is 295 g/mol. The molecule has 0 bridgehead atoms. The van der Waals surface area contributed by atoms with Crippen molar-refractivity contribution in [1.82, 2.24) is 14.8 Å². The van der Waals surface area contributed by atoms with Gasteiger partial charge in [0, 0.05) is 5.92 Å². The first-order valence-electron chi connectivity index (χ1n) is 8.45. The van der Waals surface area contributed by atoms with Crippen LogP contribution in [0.15, 0.2) is 43.2 Å². The van der Waals surface area contributed by atoms with Crippen LogP contribution in [0.5, 0.6) is 0 Å². The van der Waals surface area contributed by atoms with Crippen LogP contribution in [0.25, 0.3) is 5.69 Å². The summed E-state index contributed by atoms with van der Waals surface area (Å²) in [7, 11) is 0. The van der Waals surface area contributed by atoms with Gasteiger partial charge < -0.3 is 0 Å². The molecule has 0 saturated heterocycles. The number of hydrogen-bond acceptors (Lipinski definition) is 2. The maximum absolute atomic E-state index is 4.41. The zero-order valence-electron chi connectivity index (χ0n) is 13.4. The van der Waals surface area contributed by atoms with Crippen molar-refractivity contribution in [2.75, 3.05) is 0 Å². The summed E-state index contributed by atoms with van der Waals surface area (Å²) < 4.78 is 2.18.